The van der Waals surface area contributed by atoms with Gasteiger partial charge in [-0.2, -0.15) is 0 Å². The normalized spacial score (nSPS) is 30.4. The Morgan fingerprint density at radius 2 is 2.41 bits per heavy atom. The van der Waals surface area contributed by atoms with Crippen LogP contribution in [0.1, 0.15) is 12.8 Å². The van der Waals surface area contributed by atoms with Crippen molar-refractivity contribution in [3.8, 4) is 0 Å². The van der Waals surface area contributed by atoms with E-state index in [9.17, 15) is 9.59 Å². The Labute approximate surface area is 99.9 Å². The highest BCUT2D eigenvalue weighted by Crippen LogP contribution is 2.15. The summed E-state index contributed by atoms with van der Waals surface area (Å²) in [7, 11) is 0. The second-order valence-electron chi connectivity index (χ2n) is 4.60. The number of rotatable bonds is 3. The lowest BCUT2D eigenvalue weighted by Gasteiger charge is -2.25. The molecule has 0 radical (unpaired) electrons. The first-order valence-corrected chi connectivity index (χ1v) is 5.99. The summed E-state index contributed by atoms with van der Waals surface area (Å²) in [6, 6.07) is 0. The van der Waals surface area contributed by atoms with Gasteiger partial charge in [-0.1, -0.05) is 0 Å². The number of carboxylic acids is 1. The SMILES string of the molecule is O=C(O)C1CNCC(=O)N(CC2CCCO2)C1. The fraction of sp³-hybridized carbons (Fsp3) is 0.818. The van der Waals surface area contributed by atoms with E-state index in [-0.39, 0.29) is 25.1 Å². The predicted molar refractivity (Wildman–Crippen MR) is 59.5 cm³/mol. The molecule has 2 N–H and O–H groups in total. The number of aliphatic carboxylic acids is 1. The molecule has 0 aromatic rings. The van der Waals surface area contributed by atoms with Crippen molar-refractivity contribution in [3.63, 3.8) is 0 Å². The van der Waals surface area contributed by atoms with Crippen molar-refractivity contribution >= 4 is 11.9 Å². The van der Waals surface area contributed by atoms with Gasteiger partial charge in [-0.25, -0.2) is 0 Å². The molecule has 2 fully saturated rings. The average molecular weight is 242 g/mol. The Kier molecular flexibility index (Phi) is 3.96. The fourth-order valence-corrected chi connectivity index (χ4v) is 2.27. The molecule has 1 amide bonds. The third-order valence-electron chi connectivity index (χ3n) is 3.26. The summed E-state index contributed by atoms with van der Waals surface area (Å²) in [6.45, 7) is 2.11. The van der Waals surface area contributed by atoms with Crippen LogP contribution in [0, 0.1) is 5.92 Å². The van der Waals surface area contributed by atoms with Crippen molar-refractivity contribution in [2.45, 2.75) is 18.9 Å². The highest BCUT2D eigenvalue weighted by atomic mass is 16.5. The zero-order valence-corrected chi connectivity index (χ0v) is 9.72. The summed E-state index contributed by atoms with van der Waals surface area (Å²) in [5, 5.41) is 11.9. The lowest BCUT2D eigenvalue weighted by Crippen LogP contribution is -2.41. The van der Waals surface area contributed by atoms with Gasteiger partial charge in [0.05, 0.1) is 18.6 Å². The van der Waals surface area contributed by atoms with Crippen LogP contribution >= 0.6 is 0 Å². The van der Waals surface area contributed by atoms with Gasteiger partial charge in [-0.15, -0.1) is 0 Å². The van der Waals surface area contributed by atoms with Crippen LogP contribution in [0.4, 0.5) is 0 Å². The average Bonchev–Trinajstić information content (AvgIpc) is 2.71. The van der Waals surface area contributed by atoms with E-state index in [4.69, 9.17) is 9.84 Å². The molecular formula is C11H18N2O4. The van der Waals surface area contributed by atoms with E-state index in [0.29, 0.717) is 13.1 Å². The van der Waals surface area contributed by atoms with Gasteiger partial charge >= 0.3 is 5.97 Å². The Balaban J connectivity index is 1.95. The van der Waals surface area contributed by atoms with Crippen molar-refractivity contribution in [3.05, 3.63) is 0 Å². The van der Waals surface area contributed by atoms with Crippen LogP contribution in [0.15, 0.2) is 0 Å². The molecule has 2 aliphatic heterocycles. The van der Waals surface area contributed by atoms with Crippen LogP contribution in [-0.4, -0.2) is 60.8 Å². The summed E-state index contributed by atoms with van der Waals surface area (Å²) in [5.41, 5.74) is 0. The van der Waals surface area contributed by atoms with Crippen molar-refractivity contribution in [1.29, 1.82) is 0 Å². The maximum Gasteiger partial charge on any atom is 0.309 e. The first-order chi connectivity index (χ1) is 8.16. The van der Waals surface area contributed by atoms with E-state index in [0.717, 1.165) is 19.4 Å². The first kappa shape index (κ1) is 12.3. The van der Waals surface area contributed by atoms with Gasteiger partial charge in [0.15, 0.2) is 0 Å². The second-order valence-corrected chi connectivity index (χ2v) is 4.60. The lowest BCUT2D eigenvalue weighted by atomic mass is 10.1. The molecule has 0 saturated carbocycles. The van der Waals surface area contributed by atoms with Gasteiger partial charge < -0.3 is 20.1 Å². The predicted octanol–water partition coefficient (Wildman–Crippen LogP) is -0.702. The minimum absolute atomic E-state index is 0.0377. The van der Waals surface area contributed by atoms with E-state index < -0.39 is 11.9 Å². The largest absolute Gasteiger partial charge is 0.481 e. The molecule has 6 heteroatoms. The zero-order valence-electron chi connectivity index (χ0n) is 9.72. The summed E-state index contributed by atoms with van der Waals surface area (Å²) < 4.78 is 5.48. The number of ether oxygens (including phenoxy) is 1. The minimum Gasteiger partial charge on any atom is -0.481 e. The molecule has 0 bridgehead atoms. The van der Waals surface area contributed by atoms with E-state index in [1.807, 2.05) is 0 Å². The van der Waals surface area contributed by atoms with Crippen molar-refractivity contribution in [2.75, 3.05) is 32.8 Å². The maximum atomic E-state index is 11.8. The molecule has 0 aromatic carbocycles. The molecule has 2 heterocycles. The van der Waals surface area contributed by atoms with Crippen molar-refractivity contribution < 1.29 is 19.4 Å². The molecule has 2 atom stereocenters. The van der Waals surface area contributed by atoms with E-state index in [1.54, 1.807) is 4.90 Å². The monoisotopic (exact) mass is 242 g/mol. The molecule has 96 valence electrons. The van der Waals surface area contributed by atoms with Crippen molar-refractivity contribution in [2.24, 2.45) is 5.92 Å². The second kappa shape index (κ2) is 5.46. The Hall–Kier alpha value is -1.14. The molecule has 0 aliphatic carbocycles. The molecule has 2 rings (SSSR count). The number of hydrogen-bond donors (Lipinski definition) is 2. The standard InChI is InChI=1S/C11H18N2O4/c14-10-5-12-4-8(11(15)16)6-13(10)7-9-2-1-3-17-9/h8-9,12H,1-7H2,(H,15,16). The van der Waals surface area contributed by atoms with Crippen LogP contribution in [0.25, 0.3) is 0 Å². The number of amides is 1. The first-order valence-electron chi connectivity index (χ1n) is 5.99. The zero-order chi connectivity index (χ0) is 12.3. The molecule has 17 heavy (non-hydrogen) atoms. The van der Waals surface area contributed by atoms with Crippen LogP contribution in [0.5, 0.6) is 0 Å². The minimum atomic E-state index is -0.857. The van der Waals surface area contributed by atoms with E-state index in [2.05, 4.69) is 5.32 Å². The van der Waals surface area contributed by atoms with E-state index >= 15 is 0 Å². The quantitative estimate of drug-likeness (QED) is 0.684. The highest BCUT2D eigenvalue weighted by molar-refractivity contribution is 5.80. The molecule has 2 aliphatic rings. The number of nitrogens with zero attached hydrogens (tertiary/aromatic N) is 1. The molecule has 0 aromatic heterocycles. The molecular weight excluding hydrogens is 224 g/mol. The van der Waals surface area contributed by atoms with E-state index in [1.165, 1.54) is 0 Å². The summed E-state index contributed by atoms with van der Waals surface area (Å²) in [4.78, 5) is 24.4. The molecule has 2 unspecified atom stereocenters. The van der Waals surface area contributed by atoms with Crippen LogP contribution in [0.2, 0.25) is 0 Å². The Morgan fingerprint density at radius 1 is 1.59 bits per heavy atom. The summed E-state index contributed by atoms with van der Waals surface area (Å²) in [5.74, 6) is -1.42. The molecule has 2 saturated heterocycles. The third-order valence-corrected chi connectivity index (χ3v) is 3.26. The van der Waals surface area contributed by atoms with Gasteiger partial charge in [-0.05, 0) is 12.8 Å². The van der Waals surface area contributed by atoms with Gasteiger partial charge in [0.1, 0.15) is 0 Å². The number of carbonyl (C=O) groups excluding carboxylic acids is 1. The molecule has 0 spiro atoms. The maximum absolute atomic E-state index is 11.8. The number of carboxylic acid groups (broad SMARTS) is 1. The summed E-state index contributed by atoms with van der Waals surface area (Å²) >= 11 is 0. The number of hydrogen-bond acceptors (Lipinski definition) is 4. The van der Waals surface area contributed by atoms with Crippen LogP contribution in [-0.2, 0) is 14.3 Å². The highest BCUT2D eigenvalue weighted by Gasteiger charge is 2.29. The third kappa shape index (κ3) is 3.17. The van der Waals surface area contributed by atoms with Crippen molar-refractivity contribution in [1.82, 2.24) is 10.2 Å². The molecule has 6 nitrogen and oxygen atoms in total. The van der Waals surface area contributed by atoms with Crippen LogP contribution in [0.3, 0.4) is 0 Å². The smallest absolute Gasteiger partial charge is 0.309 e. The van der Waals surface area contributed by atoms with Gasteiger partial charge in [0, 0.05) is 26.2 Å². The Morgan fingerprint density at radius 3 is 3.06 bits per heavy atom. The van der Waals surface area contributed by atoms with Crippen LogP contribution < -0.4 is 5.32 Å². The fourth-order valence-electron chi connectivity index (χ4n) is 2.27. The van der Waals surface area contributed by atoms with Gasteiger partial charge in [0.2, 0.25) is 5.91 Å². The number of nitrogens with one attached hydrogen (secondary N) is 1. The number of carbonyl (C=O) groups is 2. The van der Waals surface area contributed by atoms with Gasteiger partial charge in [0.25, 0.3) is 0 Å². The topological polar surface area (TPSA) is 78.9 Å². The Bertz CT molecular complexity index is 302. The van der Waals surface area contributed by atoms with Gasteiger partial charge in [-0.3, -0.25) is 9.59 Å². The summed E-state index contributed by atoms with van der Waals surface area (Å²) in [6.07, 6.45) is 2.05. The lowest BCUT2D eigenvalue weighted by molar-refractivity contribution is -0.142.